The Morgan fingerprint density at radius 3 is 0.917 bits per heavy atom. The van der Waals surface area contributed by atoms with Crippen molar-refractivity contribution in [3.05, 3.63) is 119 Å². The minimum Gasteiger partial charge on any atom is -0.262 e. The Kier molecular flexibility index (Phi) is 6.61. The van der Waals surface area contributed by atoms with E-state index in [1.54, 1.807) is 0 Å². The molecule has 0 saturated heterocycles. The van der Waals surface area contributed by atoms with Crippen LogP contribution < -0.4 is 9.80 Å². The van der Waals surface area contributed by atoms with Gasteiger partial charge in [0.2, 0.25) is 0 Å². The van der Waals surface area contributed by atoms with E-state index in [0.717, 1.165) is 45.0 Å². The van der Waals surface area contributed by atoms with Gasteiger partial charge >= 0.3 is 6.03 Å². The SMILES string of the molecule is O=C(N1c2ccccc2C(Br)C(Br)c2ccccc21)N1c2ccccc2C(Br)C(Br)c2ccccc21. The highest BCUT2D eigenvalue weighted by Crippen LogP contribution is 2.55. The molecule has 0 aromatic heterocycles. The summed E-state index contributed by atoms with van der Waals surface area (Å²) in [5.74, 6) is 0. The number of alkyl halides is 4. The number of halogens is 4. The summed E-state index contributed by atoms with van der Waals surface area (Å²) in [6.07, 6.45) is 0. The van der Waals surface area contributed by atoms with Gasteiger partial charge in [-0.25, -0.2) is 4.79 Å². The second-order valence-corrected chi connectivity index (χ2v) is 12.7. The molecule has 0 aliphatic carbocycles. The minimum atomic E-state index is -0.127. The van der Waals surface area contributed by atoms with Crippen molar-refractivity contribution in [1.29, 1.82) is 0 Å². The number of carbonyl (C=O) groups is 1. The number of amides is 2. The molecule has 2 amide bonds. The summed E-state index contributed by atoms with van der Waals surface area (Å²) in [4.78, 5) is 18.6. The third kappa shape index (κ3) is 3.82. The minimum absolute atomic E-state index is 0.00444. The lowest BCUT2D eigenvalue weighted by atomic mass is 10.0. The molecule has 7 heteroatoms. The van der Waals surface area contributed by atoms with Crippen molar-refractivity contribution in [2.75, 3.05) is 9.80 Å². The summed E-state index contributed by atoms with van der Waals surface area (Å²) in [6.45, 7) is 0. The summed E-state index contributed by atoms with van der Waals surface area (Å²) < 4.78 is 0. The van der Waals surface area contributed by atoms with Crippen molar-refractivity contribution in [3.63, 3.8) is 0 Å². The van der Waals surface area contributed by atoms with Crippen LogP contribution in [0.25, 0.3) is 0 Å². The first kappa shape index (κ1) is 24.4. The van der Waals surface area contributed by atoms with Gasteiger partial charge in [-0.15, -0.1) is 0 Å². The highest BCUT2D eigenvalue weighted by Gasteiger charge is 2.40. The first-order valence-corrected chi connectivity index (χ1v) is 15.2. The highest BCUT2D eigenvalue weighted by atomic mass is 79.9. The van der Waals surface area contributed by atoms with E-state index in [-0.39, 0.29) is 25.3 Å². The summed E-state index contributed by atoms with van der Waals surface area (Å²) in [7, 11) is 0. The van der Waals surface area contributed by atoms with Gasteiger partial charge in [0, 0.05) is 0 Å². The van der Waals surface area contributed by atoms with Crippen molar-refractivity contribution in [2.45, 2.75) is 19.3 Å². The van der Waals surface area contributed by atoms with Crippen molar-refractivity contribution in [3.8, 4) is 0 Å². The van der Waals surface area contributed by atoms with Crippen LogP contribution in [0.2, 0.25) is 0 Å². The normalized spacial score (nSPS) is 22.4. The van der Waals surface area contributed by atoms with Gasteiger partial charge in [0.25, 0.3) is 0 Å². The number of hydrogen-bond donors (Lipinski definition) is 0. The topological polar surface area (TPSA) is 23.6 Å². The van der Waals surface area contributed by atoms with Crippen molar-refractivity contribution in [1.82, 2.24) is 0 Å². The Morgan fingerprint density at radius 2 is 0.667 bits per heavy atom. The van der Waals surface area contributed by atoms with Gasteiger partial charge in [0.05, 0.1) is 42.1 Å². The van der Waals surface area contributed by atoms with Crippen LogP contribution in [0.5, 0.6) is 0 Å². The molecule has 0 fully saturated rings. The third-order valence-corrected chi connectivity index (χ3v) is 12.3. The number of anilines is 4. The predicted octanol–water partition coefficient (Wildman–Crippen LogP) is 10.6. The molecule has 4 aromatic carbocycles. The Morgan fingerprint density at radius 1 is 0.444 bits per heavy atom. The zero-order chi connectivity index (χ0) is 25.0. The summed E-state index contributed by atoms with van der Waals surface area (Å²) in [5.41, 5.74) is 7.67. The van der Waals surface area contributed by atoms with Crippen LogP contribution in [-0.2, 0) is 0 Å². The molecule has 36 heavy (non-hydrogen) atoms. The molecule has 0 saturated carbocycles. The van der Waals surface area contributed by atoms with Crippen LogP contribution in [0.1, 0.15) is 41.6 Å². The Balaban J connectivity index is 1.64. The standard InChI is InChI=1S/C29H20Br4N2O/c30-25-17-9-1-5-13-21(17)34(22-14-6-2-10-18(22)26(25)31)29(36)35-23-15-7-3-11-19(23)27(32)28(33)20-12-4-8-16-24(20)35/h1-16,25-28H. The monoisotopic (exact) mass is 728 g/mol. The fraction of sp³-hybridized carbons (Fsp3) is 0.138. The summed E-state index contributed by atoms with van der Waals surface area (Å²) in [5, 5.41) is 0. The smallest absolute Gasteiger partial charge is 0.262 e. The Labute approximate surface area is 244 Å². The first-order valence-electron chi connectivity index (χ1n) is 11.5. The number of fused-ring (bicyclic) bond motifs is 4. The molecule has 0 spiro atoms. The summed E-state index contributed by atoms with van der Waals surface area (Å²) in [6, 6.07) is 32.4. The maximum Gasteiger partial charge on any atom is 0.338 e. The molecule has 4 aromatic rings. The van der Waals surface area contributed by atoms with Gasteiger partial charge in [-0.3, -0.25) is 9.80 Å². The van der Waals surface area contributed by atoms with E-state index in [1.807, 2.05) is 82.6 Å². The molecule has 4 unspecified atom stereocenters. The number of rotatable bonds is 0. The molecule has 2 aliphatic heterocycles. The van der Waals surface area contributed by atoms with Crippen molar-refractivity contribution in [2.24, 2.45) is 0 Å². The van der Waals surface area contributed by atoms with Crippen LogP contribution in [0.15, 0.2) is 97.1 Å². The second kappa shape index (κ2) is 9.75. The lowest BCUT2D eigenvalue weighted by molar-refractivity contribution is 0.255. The molecule has 180 valence electrons. The number of hydrogen-bond acceptors (Lipinski definition) is 1. The number of para-hydroxylation sites is 4. The van der Waals surface area contributed by atoms with Crippen molar-refractivity contribution >= 4 is 92.5 Å². The molecule has 0 bridgehead atoms. The van der Waals surface area contributed by atoms with Crippen LogP contribution >= 0.6 is 63.7 Å². The second-order valence-electron chi connectivity index (χ2n) is 8.80. The third-order valence-electron chi connectivity index (χ3n) is 6.80. The van der Waals surface area contributed by atoms with Crippen LogP contribution in [0.4, 0.5) is 27.5 Å². The van der Waals surface area contributed by atoms with Gasteiger partial charge in [0.1, 0.15) is 0 Å². The summed E-state index contributed by atoms with van der Waals surface area (Å²) >= 11 is 15.7. The zero-order valence-electron chi connectivity index (χ0n) is 18.9. The molecule has 4 atom stereocenters. The van der Waals surface area contributed by atoms with E-state index in [1.165, 1.54) is 0 Å². The first-order chi connectivity index (χ1) is 17.5. The Bertz CT molecular complexity index is 1260. The molecular weight excluding hydrogens is 712 g/mol. The largest absolute Gasteiger partial charge is 0.338 e. The predicted molar refractivity (Wildman–Crippen MR) is 162 cm³/mol. The molecular formula is C29H20Br4N2O. The van der Waals surface area contributed by atoms with Gasteiger partial charge < -0.3 is 0 Å². The number of carbonyl (C=O) groups excluding carboxylic acids is 1. The molecule has 0 radical (unpaired) electrons. The Hall–Kier alpha value is -1.93. The van der Waals surface area contributed by atoms with E-state index in [2.05, 4.69) is 88.0 Å². The maximum atomic E-state index is 14.9. The van der Waals surface area contributed by atoms with E-state index in [4.69, 9.17) is 0 Å². The number of nitrogens with zero attached hydrogens (tertiary/aromatic N) is 2. The van der Waals surface area contributed by atoms with E-state index in [9.17, 15) is 4.79 Å². The number of benzene rings is 4. The number of urea groups is 1. The van der Waals surface area contributed by atoms with Crippen LogP contribution in [-0.4, -0.2) is 6.03 Å². The average molecular weight is 732 g/mol. The maximum absolute atomic E-state index is 14.9. The molecule has 2 aliphatic rings. The zero-order valence-corrected chi connectivity index (χ0v) is 25.2. The van der Waals surface area contributed by atoms with Gasteiger partial charge in [-0.2, -0.15) is 0 Å². The fourth-order valence-corrected chi connectivity index (χ4v) is 7.79. The van der Waals surface area contributed by atoms with E-state index < -0.39 is 0 Å². The lowest BCUT2D eigenvalue weighted by Gasteiger charge is -2.33. The van der Waals surface area contributed by atoms with E-state index >= 15 is 0 Å². The fourth-order valence-electron chi connectivity index (χ4n) is 5.10. The van der Waals surface area contributed by atoms with Gasteiger partial charge in [0.15, 0.2) is 0 Å². The van der Waals surface area contributed by atoms with Crippen LogP contribution in [0.3, 0.4) is 0 Å². The lowest BCUT2D eigenvalue weighted by Crippen LogP contribution is -2.39. The molecule has 6 rings (SSSR count). The average Bonchev–Trinajstić information content (AvgIpc) is 3.07. The van der Waals surface area contributed by atoms with Crippen LogP contribution in [0, 0.1) is 0 Å². The van der Waals surface area contributed by atoms with E-state index in [0.29, 0.717) is 0 Å². The van der Waals surface area contributed by atoms with Gasteiger partial charge in [-0.05, 0) is 46.5 Å². The molecule has 2 heterocycles. The highest BCUT2D eigenvalue weighted by molar-refractivity contribution is 9.12. The quantitative estimate of drug-likeness (QED) is 0.165. The van der Waals surface area contributed by atoms with Gasteiger partial charge in [-0.1, -0.05) is 137 Å². The van der Waals surface area contributed by atoms with Crippen molar-refractivity contribution < 1.29 is 4.79 Å². The molecule has 0 N–H and O–H groups in total. The molecule has 3 nitrogen and oxygen atoms in total.